The maximum Gasteiger partial charge on any atom is 0.329 e. The van der Waals surface area contributed by atoms with E-state index >= 15 is 0 Å². The summed E-state index contributed by atoms with van der Waals surface area (Å²) in [6.07, 6.45) is 4.88. The third kappa shape index (κ3) is 21.5. The first kappa shape index (κ1) is 24.5. The number of unbranched alkanes of at least 4 members (excludes halogenated alkanes) is 3. The van der Waals surface area contributed by atoms with Gasteiger partial charge in [-0.1, -0.05) is 35.4 Å². The lowest BCUT2D eigenvalue weighted by molar-refractivity contribution is -0.143. The summed E-state index contributed by atoms with van der Waals surface area (Å²) in [4.78, 5) is 21.4. The second-order valence-corrected chi connectivity index (χ2v) is 6.26. The molecule has 0 heterocycles. The summed E-state index contributed by atoms with van der Waals surface area (Å²) in [6, 6.07) is 0. The molecular formula is C16H30INO7. The zero-order valence-corrected chi connectivity index (χ0v) is 16.8. The average Bonchev–Trinajstić information content (AvgIpc) is 2.58. The summed E-state index contributed by atoms with van der Waals surface area (Å²) in [5, 5.41) is 10.9. The number of nitrogens with one attached hydrogen (secondary N) is 1. The highest BCUT2D eigenvalue weighted by Crippen LogP contribution is 2.02. The molecule has 0 aromatic carbocycles. The Balaban J connectivity index is 3.11. The van der Waals surface area contributed by atoms with Crippen molar-refractivity contribution in [3.63, 3.8) is 0 Å². The largest absolute Gasteiger partial charge is 0.480 e. The van der Waals surface area contributed by atoms with E-state index in [2.05, 4.69) is 32.6 Å². The summed E-state index contributed by atoms with van der Waals surface area (Å²) in [6.45, 7) is 2.82. The third-order valence-corrected chi connectivity index (χ3v) is 3.71. The average molecular weight is 475 g/mol. The highest BCUT2D eigenvalue weighted by molar-refractivity contribution is 14.1. The monoisotopic (exact) mass is 475 g/mol. The summed E-state index contributed by atoms with van der Waals surface area (Å²) >= 11 is 2.39. The molecule has 25 heavy (non-hydrogen) atoms. The Morgan fingerprint density at radius 3 is 2.00 bits per heavy atom. The van der Waals surface area contributed by atoms with E-state index in [4.69, 9.17) is 19.3 Å². The van der Waals surface area contributed by atoms with Crippen LogP contribution in [0.15, 0.2) is 0 Å². The molecule has 0 aliphatic heterocycles. The van der Waals surface area contributed by atoms with Crippen molar-refractivity contribution in [2.75, 3.05) is 63.8 Å². The van der Waals surface area contributed by atoms with Gasteiger partial charge in [0.05, 0.1) is 33.0 Å². The molecule has 0 fully saturated rings. The number of halogens is 1. The number of carboxylic acids is 1. The van der Waals surface area contributed by atoms with Gasteiger partial charge in [-0.3, -0.25) is 4.79 Å². The van der Waals surface area contributed by atoms with Crippen LogP contribution in [0.25, 0.3) is 0 Å². The zero-order chi connectivity index (χ0) is 18.6. The molecule has 0 spiro atoms. The molecule has 0 rings (SSSR count). The maximum atomic E-state index is 11.2. The predicted molar refractivity (Wildman–Crippen MR) is 101 cm³/mol. The second-order valence-electron chi connectivity index (χ2n) is 5.18. The summed E-state index contributed by atoms with van der Waals surface area (Å²) in [7, 11) is 0. The number of hydrogen-bond acceptors (Lipinski definition) is 6. The molecule has 0 atom stereocenters. The predicted octanol–water partition coefficient (Wildman–Crippen LogP) is 1.25. The van der Waals surface area contributed by atoms with Gasteiger partial charge in [0, 0.05) is 13.2 Å². The van der Waals surface area contributed by atoms with Crippen molar-refractivity contribution in [3.8, 4) is 0 Å². The topological polar surface area (TPSA) is 103 Å². The molecule has 1 amide bonds. The van der Waals surface area contributed by atoms with Gasteiger partial charge >= 0.3 is 5.97 Å². The highest BCUT2D eigenvalue weighted by atomic mass is 127. The second kappa shape index (κ2) is 19.8. The minimum atomic E-state index is -1.10. The van der Waals surface area contributed by atoms with Crippen LogP contribution in [0.3, 0.4) is 0 Å². The van der Waals surface area contributed by atoms with Gasteiger partial charge in [-0.25, -0.2) is 4.79 Å². The Morgan fingerprint density at radius 2 is 1.36 bits per heavy atom. The first-order valence-corrected chi connectivity index (χ1v) is 10.0. The minimum absolute atomic E-state index is 0.270. The molecule has 0 bridgehead atoms. The lowest BCUT2D eigenvalue weighted by Crippen LogP contribution is -2.31. The van der Waals surface area contributed by atoms with Crippen molar-refractivity contribution in [1.82, 2.24) is 5.32 Å². The summed E-state index contributed by atoms with van der Waals surface area (Å²) < 4.78 is 22.0. The van der Waals surface area contributed by atoms with E-state index in [0.717, 1.165) is 13.0 Å². The van der Waals surface area contributed by atoms with Gasteiger partial charge in [-0.15, -0.1) is 0 Å². The van der Waals surface area contributed by atoms with E-state index in [1.165, 1.54) is 23.7 Å². The summed E-state index contributed by atoms with van der Waals surface area (Å²) in [5.74, 6) is -1.47. The Labute approximate surface area is 163 Å². The Hall–Kier alpha value is -0.490. The number of alkyl halides is 1. The number of carboxylic acid groups (broad SMARTS) is 1. The number of carbonyl (C=O) groups excluding carboxylic acids is 1. The fourth-order valence-electron chi connectivity index (χ4n) is 1.74. The van der Waals surface area contributed by atoms with Crippen molar-refractivity contribution in [1.29, 1.82) is 0 Å². The number of ether oxygens (including phenoxy) is 4. The standard InChI is InChI=1S/C16H30INO7/c17-5-3-1-2-4-7-22-9-11-24-12-10-23-8-6-18-15(19)13-25-14-16(20)21/h1-14H2,(H,18,19)(H,20,21). The molecule has 8 nitrogen and oxygen atoms in total. The van der Waals surface area contributed by atoms with Gasteiger partial charge in [-0.2, -0.15) is 0 Å². The van der Waals surface area contributed by atoms with Crippen LogP contribution in [0.5, 0.6) is 0 Å². The fourth-order valence-corrected chi connectivity index (χ4v) is 2.28. The van der Waals surface area contributed by atoms with Crippen LogP contribution in [0, 0.1) is 0 Å². The molecular weight excluding hydrogens is 445 g/mol. The van der Waals surface area contributed by atoms with Crippen LogP contribution in [0.1, 0.15) is 25.7 Å². The van der Waals surface area contributed by atoms with Crippen molar-refractivity contribution >= 4 is 34.5 Å². The molecule has 9 heteroatoms. The summed E-state index contributed by atoms with van der Waals surface area (Å²) in [5.41, 5.74) is 0. The van der Waals surface area contributed by atoms with Crippen molar-refractivity contribution in [3.05, 3.63) is 0 Å². The van der Waals surface area contributed by atoms with E-state index in [-0.39, 0.29) is 12.5 Å². The van der Waals surface area contributed by atoms with E-state index in [0.29, 0.717) is 39.6 Å². The van der Waals surface area contributed by atoms with Crippen LogP contribution in [-0.2, 0) is 28.5 Å². The molecule has 2 N–H and O–H groups in total. The number of hydrogen-bond donors (Lipinski definition) is 2. The number of aliphatic carboxylic acids is 1. The van der Waals surface area contributed by atoms with E-state index in [9.17, 15) is 9.59 Å². The normalized spacial score (nSPS) is 10.8. The minimum Gasteiger partial charge on any atom is -0.480 e. The first-order chi connectivity index (χ1) is 12.2. The highest BCUT2D eigenvalue weighted by Gasteiger charge is 2.02. The molecule has 148 valence electrons. The maximum absolute atomic E-state index is 11.2. The smallest absolute Gasteiger partial charge is 0.329 e. The van der Waals surface area contributed by atoms with E-state index in [1.807, 2.05) is 0 Å². The van der Waals surface area contributed by atoms with Gasteiger partial charge < -0.3 is 29.4 Å². The molecule has 0 aromatic heterocycles. The zero-order valence-electron chi connectivity index (χ0n) is 14.7. The van der Waals surface area contributed by atoms with Crippen LogP contribution >= 0.6 is 22.6 Å². The van der Waals surface area contributed by atoms with E-state index in [1.54, 1.807) is 0 Å². The Morgan fingerprint density at radius 1 is 0.760 bits per heavy atom. The SMILES string of the molecule is O=C(O)COCC(=O)NCCOCCOCCOCCCCCCI. The first-order valence-electron chi connectivity index (χ1n) is 8.52. The fraction of sp³-hybridized carbons (Fsp3) is 0.875. The quantitative estimate of drug-likeness (QED) is 0.165. The third-order valence-electron chi connectivity index (χ3n) is 2.94. The molecule has 0 aliphatic rings. The number of rotatable bonds is 19. The van der Waals surface area contributed by atoms with Crippen molar-refractivity contribution in [2.45, 2.75) is 25.7 Å². The Kier molecular flexibility index (Phi) is 19.4. The lowest BCUT2D eigenvalue weighted by Gasteiger charge is -2.08. The number of carbonyl (C=O) groups is 2. The van der Waals surface area contributed by atoms with Gasteiger partial charge in [-0.05, 0) is 17.3 Å². The van der Waals surface area contributed by atoms with Gasteiger partial charge in [0.15, 0.2) is 0 Å². The molecule has 0 saturated heterocycles. The lowest BCUT2D eigenvalue weighted by atomic mass is 10.2. The van der Waals surface area contributed by atoms with E-state index < -0.39 is 12.6 Å². The van der Waals surface area contributed by atoms with Crippen LogP contribution in [0.2, 0.25) is 0 Å². The van der Waals surface area contributed by atoms with Crippen LogP contribution in [0.4, 0.5) is 0 Å². The number of amides is 1. The van der Waals surface area contributed by atoms with Crippen LogP contribution < -0.4 is 5.32 Å². The van der Waals surface area contributed by atoms with Gasteiger partial charge in [0.25, 0.3) is 0 Å². The molecule has 0 aliphatic carbocycles. The molecule has 0 radical (unpaired) electrons. The van der Waals surface area contributed by atoms with Gasteiger partial charge in [0.1, 0.15) is 13.2 Å². The van der Waals surface area contributed by atoms with Crippen molar-refractivity contribution in [2.24, 2.45) is 0 Å². The van der Waals surface area contributed by atoms with Gasteiger partial charge in [0.2, 0.25) is 5.91 Å². The Bertz CT molecular complexity index is 332. The molecule has 0 aromatic rings. The van der Waals surface area contributed by atoms with Crippen LogP contribution in [-0.4, -0.2) is 80.8 Å². The van der Waals surface area contributed by atoms with Crippen molar-refractivity contribution < 1.29 is 33.6 Å². The molecule has 0 unspecified atom stereocenters. The molecule has 0 saturated carbocycles.